The number of nitro benzene ring substituents is 1. The van der Waals surface area contributed by atoms with E-state index in [1.165, 1.54) is 36.4 Å². The summed E-state index contributed by atoms with van der Waals surface area (Å²) >= 11 is 11.7. The van der Waals surface area contributed by atoms with Gasteiger partial charge in [-0.3, -0.25) is 14.9 Å². The fourth-order valence-electron chi connectivity index (χ4n) is 1.87. The summed E-state index contributed by atoms with van der Waals surface area (Å²) in [7, 11) is 0. The van der Waals surface area contributed by atoms with Crippen molar-refractivity contribution in [2.24, 2.45) is 0 Å². The van der Waals surface area contributed by atoms with Gasteiger partial charge >= 0.3 is 5.97 Å². The van der Waals surface area contributed by atoms with Crippen LogP contribution in [0, 0.1) is 10.1 Å². The number of anilines is 1. The molecule has 9 heteroatoms. The van der Waals surface area contributed by atoms with E-state index >= 15 is 0 Å². The number of nitrogens with zero attached hydrogens (tertiary/aromatic N) is 1. The number of hydrogen-bond donors (Lipinski definition) is 1. The molecule has 0 aliphatic rings. The second-order valence-electron chi connectivity index (χ2n) is 4.96. The van der Waals surface area contributed by atoms with Gasteiger partial charge < -0.3 is 10.1 Å². The largest absolute Gasteiger partial charge is 0.452 e. The number of amides is 1. The van der Waals surface area contributed by atoms with Gasteiger partial charge in [0.1, 0.15) is 0 Å². The number of esters is 1. The summed E-state index contributed by atoms with van der Waals surface area (Å²) in [6.45, 7) is -0.541. The number of nitrogens with one attached hydrogen (secondary N) is 1. The lowest BCUT2D eigenvalue weighted by Gasteiger charge is -2.05. The zero-order chi connectivity index (χ0) is 19.1. The van der Waals surface area contributed by atoms with Crippen molar-refractivity contribution in [1.82, 2.24) is 0 Å². The molecule has 0 bridgehead atoms. The topological polar surface area (TPSA) is 98.5 Å². The molecule has 0 radical (unpaired) electrons. The van der Waals surface area contributed by atoms with E-state index in [4.69, 9.17) is 27.9 Å². The molecule has 0 fully saturated rings. The second-order valence-corrected chi connectivity index (χ2v) is 5.81. The average Bonchev–Trinajstić information content (AvgIpc) is 2.59. The van der Waals surface area contributed by atoms with E-state index in [1.807, 2.05) is 0 Å². The van der Waals surface area contributed by atoms with Crippen molar-refractivity contribution in [3.05, 3.63) is 74.3 Å². The molecular formula is C17H12Cl2N2O5. The first kappa shape index (κ1) is 19.4. The number of nitro groups is 1. The number of carbonyl (C=O) groups excluding carboxylic acids is 2. The predicted octanol–water partition coefficient (Wildman–Crippen LogP) is 4.10. The molecule has 0 aromatic heterocycles. The van der Waals surface area contributed by atoms with Crippen LogP contribution in [0.4, 0.5) is 11.4 Å². The van der Waals surface area contributed by atoms with Crippen molar-refractivity contribution in [3.8, 4) is 0 Å². The zero-order valence-corrected chi connectivity index (χ0v) is 14.7. The van der Waals surface area contributed by atoms with E-state index < -0.39 is 23.4 Å². The van der Waals surface area contributed by atoms with Gasteiger partial charge in [-0.1, -0.05) is 35.3 Å². The van der Waals surface area contributed by atoms with Gasteiger partial charge in [-0.2, -0.15) is 0 Å². The summed E-state index contributed by atoms with van der Waals surface area (Å²) in [6, 6.07) is 10.2. The average molecular weight is 395 g/mol. The molecule has 0 saturated carbocycles. The molecule has 1 N–H and O–H groups in total. The molecule has 0 aliphatic heterocycles. The minimum absolute atomic E-state index is 0.164. The SMILES string of the molecule is O=C(COC(=O)/C=C/c1ccc(Cl)cc1Cl)Nc1cccc([N+](=O)[O-])c1. The molecule has 2 aromatic carbocycles. The van der Waals surface area contributed by atoms with Gasteiger partial charge in [0.25, 0.3) is 11.6 Å². The van der Waals surface area contributed by atoms with Gasteiger partial charge in [-0.05, 0) is 29.8 Å². The molecular weight excluding hydrogens is 383 g/mol. The quantitative estimate of drug-likeness (QED) is 0.344. The summed E-state index contributed by atoms with van der Waals surface area (Å²) in [4.78, 5) is 33.5. The predicted molar refractivity (Wildman–Crippen MR) is 98.2 cm³/mol. The van der Waals surface area contributed by atoms with Crippen LogP contribution >= 0.6 is 23.2 Å². The molecule has 2 rings (SSSR count). The van der Waals surface area contributed by atoms with Gasteiger partial charge in [-0.15, -0.1) is 0 Å². The molecule has 26 heavy (non-hydrogen) atoms. The molecule has 0 saturated heterocycles. The lowest BCUT2D eigenvalue weighted by atomic mass is 10.2. The Bertz CT molecular complexity index is 883. The summed E-state index contributed by atoms with van der Waals surface area (Å²) in [5, 5.41) is 13.9. The maximum atomic E-state index is 11.7. The van der Waals surface area contributed by atoms with Gasteiger partial charge in [0, 0.05) is 33.9 Å². The van der Waals surface area contributed by atoms with E-state index in [-0.39, 0.29) is 11.4 Å². The third-order valence-electron chi connectivity index (χ3n) is 3.05. The van der Waals surface area contributed by atoms with Crippen molar-refractivity contribution in [1.29, 1.82) is 0 Å². The van der Waals surface area contributed by atoms with Crippen LogP contribution in [-0.2, 0) is 14.3 Å². The lowest BCUT2D eigenvalue weighted by Crippen LogP contribution is -2.20. The van der Waals surface area contributed by atoms with Gasteiger partial charge in [0.05, 0.1) is 4.92 Å². The molecule has 7 nitrogen and oxygen atoms in total. The van der Waals surface area contributed by atoms with Crippen LogP contribution in [0.5, 0.6) is 0 Å². The Morgan fingerprint density at radius 1 is 1.19 bits per heavy atom. The highest BCUT2D eigenvalue weighted by Crippen LogP contribution is 2.22. The Morgan fingerprint density at radius 2 is 1.96 bits per heavy atom. The van der Waals surface area contributed by atoms with Crippen molar-refractivity contribution in [3.63, 3.8) is 0 Å². The number of benzene rings is 2. The second kappa shape index (κ2) is 8.98. The maximum absolute atomic E-state index is 11.7. The highest BCUT2D eigenvalue weighted by atomic mass is 35.5. The minimum Gasteiger partial charge on any atom is -0.452 e. The Morgan fingerprint density at radius 3 is 2.65 bits per heavy atom. The number of ether oxygens (including phenoxy) is 1. The summed E-state index contributed by atoms with van der Waals surface area (Å²) < 4.78 is 4.80. The van der Waals surface area contributed by atoms with Crippen LogP contribution in [-0.4, -0.2) is 23.4 Å². The first-order valence-electron chi connectivity index (χ1n) is 7.19. The minimum atomic E-state index is -0.745. The van der Waals surface area contributed by atoms with Crippen LogP contribution in [0.3, 0.4) is 0 Å². The molecule has 1 amide bonds. The first-order valence-corrected chi connectivity index (χ1v) is 7.95. The maximum Gasteiger partial charge on any atom is 0.331 e. The fraction of sp³-hybridized carbons (Fsp3) is 0.0588. The monoisotopic (exact) mass is 394 g/mol. The highest BCUT2D eigenvalue weighted by molar-refractivity contribution is 6.35. The number of halogens is 2. The molecule has 0 unspecified atom stereocenters. The smallest absolute Gasteiger partial charge is 0.331 e. The van der Waals surface area contributed by atoms with E-state index in [9.17, 15) is 19.7 Å². The standard InChI is InChI=1S/C17H12Cl2N2O5/c18-12-6-4-11(15(19)8-12)5-7-17(23)26-10-16(22)20-13-2-1-3-14(9-13)21(24)25/h1-9H,10H2,(H,20,22)/b7-5+. The molecule has 0 spiro atoms. The third kappa shape index (κ3) is 5.87. The summed E-state index contributed by atoms with van der Waals surface area (Å²) in [5.41, 5.74) is 0.625. The number of rotatable bonds is 6. The molecule has 2 aromatic rings. The number of hydrogen-bond acceptors (Lipinski definition) is 5. The van der Waals surface area contributed by atoms with Crippen molar-refractivity contribution >= 4 is 52.5 Å². The van der Waals surface area contributed by atoms with E-state index in [0.717, 1.165) is 6.08 Å². The van der Waals surface area contributed by atoms with Gasteiger partial charge in [0.2, 0.25) is 0 Å². The normalized spacial score (nSPS) is 10.5. The Labute approximate surface area is 158 Å². The van der Waals surface area contributed by atoms with Crippen LogP contribution in [0.1, 0.15) is 5.56 Å². The highest BCUT2D eigenvalue weighted by Gasteiger charge is 2.09. The van der Waals surface area contributed by atoms with Crippen LogP contribution in [0.15, 0.2) is 48.5 Å². The van der Waals surface area contributed by atoms with E-state index in [2.05, 4.69) is 5.32 Å². The van der Waals surface area contributed by atoms with Crippen molar-refractivity contribution in [2.75, 3.05) is 11.9 Å². The molecule has 0 atom stereocenters. The zero-order valence-electron chi connectivity index (χ0n) is 13.1. The Balaban J connectivity index is 1.86. The van der Waals surface area contributed by atoms with Crippen LogP contribution in [0.25, 0.3) is 6.08 Å². The van der Waals surface area contributed by atoms with Crippen molar-refractivity contribution < 1.29 is 19.2 Å². The number of carbonyl (C=O) groups is 2. The molecule has 134 valence electrons. The number of non-ortho nitro benzene ring substituents is 1. The third-order valence-corrected chi connectivity index (χ3v) is 3.61. The first-order chi connectivity index (χ1) is 12.3. The Hall–Kier alpha value is -2.90. The summed E-state index contributed by atoms with van der Waals surface area (Å²) in [5.74, 6) is -1.37. The Kier molecular flexibility index (Phi) is 6.71. The van der Waals surface area contributed by atoms with Gasteiger partial charge in [0.15, 0.2) is 6.61 Å². The van der Waals surface area contributed by atoms with Crippen LogP contribution < -0.4 is 5.32 Å². The fourth-order valence-corrected chi connectivity index (χ4v) is 2.35. The van der Waals surface area contributed by atoms with Gasteiger partial charge in [-0.25, -0.2) is 4.79 Å². The lowest BCUT2D eigenvalue weighted by molar-refractivity contribution is -0.384. The molecule has 0 aliphatic carbocycles. The molecule has 0 heterocycles. The van der Waals surface area contributed by atoms with E-state index in [1.54, 1.807) is 12.1 Å². The van der Waals surface area contributed by atoms with Crippen LogP contribution in [0.2, 0.25) is 10.0 Å². The van der Waals surface area contributed by atoms with E-state index in [0.29, 0.717) is 15.6 Å². The van der Waals surface area contributed by atoms with Crippen molar-refractivity contribution in [2.45, 2.75) is 0 Å². The summed E-state index contributed by atoms with van der Waals surface area (Å²) in [6.07, 6.45) is 2.55.